The number of nitrogens with one attached hydrogen (secondary N) is 4. The molecule has 0 aliphatic carbocycles. The van der Waals surface area contributed by atoms with E-state index in [1.54, 1.807) is 0 Å². The third-order valence-corrected chi connectivity index (χ3v) is 11.7. The fourth-order valence-corrected chi connectivity index (χ4v) is 9.45. The molecule has 0 saturated carbocycles. The normalized spacial score (nSPS) is 32.3. The van der Waals surface area contributed by atoms with Crippen LogP contribution >= 0.6 is 0 Å². The summed E-state index contributed by atoms with van der Waals surface area (Å²) in [7, 11) is 0. The largest absolute Gasteiger partial charge is 0.459 e. The lowest BCUT2D eigenvalue weighted by Crippen LogP contribution is -2.61. The fraction of sp³-hybridized carbons (Fsp3) is 0.865. The first-order valence-corrected chi connectivity index (χ1v) is 19.2. The summed E-state index contributed by atoms with van der Waals surface area (Å²) in [5.74, 6) is 2.32. The van der Waals surface area contributed by atoms with Crippen molar-refractivity contribution in [1.82, 2.24) is 21.3 Å². The number of carbonyl (C=O) groups is 1. The van der Waals surface area contributed by atoms with Crippen LogP contribution in [0.3, 0.4) is 0 Å². The topological polar surface area (TPSA) is 80.4 Å². The standard InChI is InChI=1S/C37H62N6O2/c1-5-6-7-8-9-10-13-16-29-24-32-20-21-33-34(27(4)39-37(41-29)43(32)33)35(44)45-26(3)15-12-11-14-17-28-23-31-19-18-30-22-25(2)38-36(40-28)42(30)31/h25-32H,5-24H2,1-4H3,(H2,38,39,40,41)/p+2/t25-,26-,27-,28+,29-,30+,31-,32+/m1/s1. The van der Waals surface area contributed by atoms with Gasteiger partial charge in [-0.15, -0.1) is 0 Å². The van der Waals surface area contributed by atoms with Crippen molar-refractivity contribution < 1.29 is 18.7 Å². The number of unbranched alkanes of at least 4 members (excludes halogenated alkanes) is 8. The molecule has 8 nitrogen and oxygen atoms in total. The number of ether oxygens (including phenoxy) is 1. The number of nitrogens with zero attached hydrogens (tertiary/aromatic N) is 2. The van der Waals surface area contributed by atoms with Crippen molar-refractivity contribution in [3.05, 3.63) is 11.3 Å². The van der Waals surface area contributed by atoms with E-state index in [9.17, 15) is 4.79 Å². The second-order valence-electron chi connectivity index (χ2n) is 15.5. The molecule has 0 bridgehead atoms. The SMILES string of the molecule is CCCCCCCCC[C@@H]1C[C@@H]2CCC3=C(C(=O)O[C@H](C)CCCCC[C@H]4C[C@H]5CC[C@H]6C[C@@H](C)NC(=[N+]56)N4)[C@@H](C)NC(=[N+]32)N1. The van der Waals surface area contributed by atoms with Gasteiger partial charge >= 0.3 is 17.9 Å². The van der Waals surface area contributed by atoms with Crippen LogP contribution in [-0.4, -0.2) is 75.4 Å². The molecule has 45 heavy (non-hydrogen) atoms. The molecule has 0 radical (unpaired) electrons. The highest BCUT2D eigenvalue weighted by Gasteiger charge is 2.47. The maximum absolute atomic E-state index is 13.5. The van der Waals surface area contributed by atoms with Gasteiger partial charge in [0.2, 0.25) is 0 Å². The van der Waals surface area contributed by atoms with Crippen LogP contribution < -0.4 is 21.3 Å². The van der Waals surface area contributed by atoms with Gasteiger partial charge < -0.3 is 4.74 Å². The monoisotopic (exact) mass is 625 g/mol. The Hall–Kier alpha value is -2.25. The maximum atomic E-state index is 13.5. The zero-order valence-corrected chi connectivity index (χ0v) is 29.0. The minimum Gasteiger partial charge on any atom is -0.459 e. The smallest absolute Gasteiger partial charge is 0.351 e. The average molecular weight is 625 g/mol. The van der Waals surface area contributed by atoms with E-state index in [-0.39, 0.29) is 18.1 Å². The number of allylic oxidation sites excluding steroid dienone is 1. The molecule has 6 heterocycles. The van der Waals surface area contributed by atoms with E-state index in [2.05, 4.69) is 58.1 Å². The highest BCUT2D eigenvalue weighted by Crippen LogP contribution is 2.35. The van der Waals surface area contributed by atoms with Gasteiger partial charge in [0, 0.05) is 25.7 Å². The molecule has 2 fully saturated rings. The van der Waals surface area contributed by atoms with E-state index in [1.165, 1.54) is 114 Å². The molecule has 8 atom stereocenters. The zero-order chi connectivity index (χ0) is 31.3. The summed E-state index contributed by atoms with van der Waals surface area (Å²) in [5, 5.41) is 15.0. The lowest BCUT2D eigenvalue weighted by atomic mass is 9.97. The minimum atomic E-state index is -0.112. The van der Waals surface area contributed by atoms with Crippen molar-refractivity contribution in [2.75, 3.05) is 0 Å². The minimum absolute atomic E-state index is 0.0249. The third kappa shape index (κ3) is 7.67. The van der Waals surface area contributed by atoms with Gasteiger partial charge in [0.05, 0.1) is 48.1 Å². The molecule has 4 N–H and O–H groups in total. The summed E-state index contributed by atoms with van der Waals surface area (Å²) in [6.45, 7) is 8.81. The molecule has 0 spiro atoms. The van der Waals surface area contributed by atoms with Gasteiger partial charge in [0.15, 0.2) is 0 Å². The summed E-state index contributed by atoms with van der Waals surface area (Å²) >= 11 is 0. The van der Waals surface area contributed by atoms with E-state index in [0.29, 0.717) is 24.2 Å². The van der Waals surface area contributed by atoms with Crippen LogP contribution in [-0.2, 0) is 9.53 Å². The number of guanidine groups is 2. The highest BCUT2D eigenvalue weighted by molar-refractivity contribution is 5.93. The lowest BCUT2D eigenvalue weighted by molar-refractivity contribution is -0.593. The van der Waals surface area contributed by atoms with Crippen molar-refractivity contribution in [3.8, 4) is 0 Å². The van der Waals surface area contributed by atoms with Crippen LogP contribution in [0.5, 0.6) is 0 Å². The number of hydrogen-bond acceptors (Lipinski definition) is 6. The number of carbonyl (C=O) groups excluding carboxylic acids is 1. The Bertz CT molecular complexity index is 1150. The molecule has 0 amide bonds. The Morgan fingerprint density at radius 2 is 1.42 bits per heavy atom. The Balaban J connectivity index is 0.921. The third-order valence-electron chi connectivity index (χ3n) is 11.7. The van der Waals surface area contributed by atoms with Crippen molar-refractivity contribution in [3.63, 3.8) is 0 Å². The van der Waals surface area contributed by atoms with Crippen LogP contribution in [0, 0.1) is 0 Å². The lowest BCUT2D eigenvalue weighted by Gasteiger charge is -2.35. The first-order chi connectivity index (χ1) is 21.9. The summed E-state index contributed by atoms with van der Waals surface area (Å²) < 4.78 is 11.2. The molecular formula is C37H64N6O2+2. The number of rotatable bonds is 16. The van der Waals surface area contributed by atoms with Crippen molar-refractivity contribution in [2.45, 2.75) is 205 Å². The second kappa shape index (κ2) is 15.1. The van der Waals surface area contributed by atoms with Gasteiger partial charge in [-0.25, -0.2) is 9.37 Å². The first-order valence-electron chi connectivity index (χ1n) is 19.2. The molecule has 0 aromatic rings. The maximum Gasteiger partial charge on any atom is 0.351 e. The van der Waals surface area contributed by atoms with Gasteiger partial charge in [-0.1, -0.05) is 64.7 Å². The van der Waals surface area contributed by atoms with E-state index in [0.717, 1.165) is 49.3 Å². The summed E-state index contributed by atoms with van der Waals surface area (Å²) in [4.78, 5) is 13.5. The van der Waals surface area contributed by atoms with Gasteiger partial charge in [0.1, 0.15) is 11.6 Å². The highest BCUT2D eigenvalue weighted by atomic mass is 16.5. The van der Waals surface area contributed by atoms with E-state index >= 15 is 0 Å². The first kappa shape index (κ1) is 32.7. The predicted molar refractivity (Wildman–Crippen MR) is 182 cm³/mol. The molecule has 252 valence electrons. The van der Waals surface area contributed by atoms with Crippen molar-refractivity contribution >= 4 is 17.9 Å². The van der Waals surface area contributed by atoms with Crippen LogP contribution in [0.15, 0.2) is 11.3 Å². The molecule has 6 aliphatic heterocycles. The summed E-state index contributed by atoms with van der Waals surface area (Å²) in [6.07, 6.45) is 25.0. The Kier molecular flexibility index (Phi) is 11.0. The number of hydrogen-bond donors (Lipinski definition) is 4. The Morgan fingerprint density at radius 3 is 2.18 bits per heavy atom. The summed E-state index contributed by atoms with van der Waals surface area (Å²) in [5.41, 5.74) is 2.06. The van der Waals surface area contributed by atoms with Gasteiger partial charge in [-0.05, 0) is 65.7 Å². The van der Waals surface area contributed by atoms with Crippen molar-refractivity contribution in [2.24, 2.45) is 0 Å². The van der Waals surface area contributed by atoms with Gasteiger partial charge in [0.25, 0.3) is 0 Å². The predicted octanol–water partition coefficient (Wildman–Crippen LogP) is 5.79. The molecule has 0 aromatic carbocycles. The second-order valence-corrected chi connectivity index (χ2v) is 15.5. The van der Waals surface area contributed by atoms with Crippen LogP contribution in [0.25, 0.3) is 0 Å². The number of esters is 1. The average Bonchev–Trinajstić information content (AvgIpc) is 3.61. The molecule has 6 rings (SSSR count). The van der Waals surface area contributed by atoms with Crippen LogP contribution in [0.1, 0.15) is 156 Å². The zero-order valence-electron chi connectivity index (χ0n) is 29.0. The van der Waals surface area contributed by atoms with E-state index in [4.69, 9.17) is 4.74 Å². The molecule has 8 heteroatoms. The Morgan fingerprint density at radius 1 is 0.778 bits per heavy atom. The molecule has 6 aliphatic rings. The molecule has 0 unspecified atom stereocenters. The molecule has 0 aromatic heterocycles. The van der Waals surface area contributed by atoms with Crippen LogP contribution in [0.4, 0.5) is 0 Å². The summed E-state index contributed by atoms with van der Waals surface area (Å²) in [6, 6.07) is 3.63. The van der Waals surface area contributed by atoms with Crippen molar-refractivity contribution in [1.29, 1.82) is 0 Å². The molecule has 2 saturated heterocycles. The van der Waals surface area contributed by atoms with E-state index < -0.39 is 0 Å². The quantitative estimate of drug-likeness (QED) is 0.0989. The Labute approximate surface area is 273 Å². The van der Waals surface area contributed by atoms with Gasteiger partial charge in [-0.2, -0.15) is 0 Å². The van der Waals surface area contributed by atoms with E-state index in [1.807, 2.05) is 0 Å². The molecular weight excluding hydrogens is 560 g/mol. The van der Waals surface area contributed by atoms with Gasteiger partial charge in [-0.3, -0.25) is 25.8 Å². The van der Waals surface area contributed by atoms with Crippen LogP contribution in [0.2, 0.25) is 0 Å². The fourth-order valence-electron chi connectivity index (χ4n) is 9.45.